The first-order valence-electron chi connectivity index (χ1n) is 4.83. The molecule has 0 aliphatic rings. The van der Waals surface area contributed by atoms with Crippen LogP contribution < -0.4 is 5.73 Å². The first-order valence-corrected chi connectivity index (χ1v) is 7.71. The van der Waals surface area contributed by atoms with Gasteiger partial charge in [-0.25, -0.2) is 0 Å². The van der Waals surface area contributed by atoms with E-state index in [1.807, 2.05) is 0 Å². The second-order valence-electron chi connectivity index (χ2n) is 3.81. The molecule has 7 nitrogen and oxygen atoms in total. The zero-order valence-electron chi connectivity index (χ0n) is 9.23. The first-order chi connectivity index (χ1) is 8.59. The van der Waals surface area contributed by atoms with Gasteiger partial charge in [0.05, 0.1) is 10.6 Å². The lowest BCUT2D eigenvalue weighted by atomic mass is 10.1. The van der Waals surface area contributed by atoms with Crippen LogP contribution in [0.25, 0.3) is 10.8 Å². The van der Waals surface area contributed by atoms with Crippen molar-refractivity contribution in [1.82, 2.24) is 5.73 Å². The number of hydrogen-bond acceptors (Lipinski definition) is 4. The molecule has 2 rings (SSSR count). The molecule has 3 N–H and O–H groups in total. The highest BCUT2D eigenvalue weighted by atomic mass is 32.2. The van der Waals surface area contributed by atoms with E-state index in [1.165, 1.54) is 18.2 Å². The van der Waals surface area contributed by atoms with Crippen molar-refractivity contribution in [3.05, 3.63) is 30.3 Å². The van der Waals surface area contributed by atoms with Crippen LogP contribution in [-0.4, -0.2) is 25.9 Å². The molecule has 0 aromatic heterocycles. The Morgan fingerprint density at radius 3 is 2.05 bits per heavy atom. The largest absolute Gasteiger partial charge is 0.301 e. The average Bonchev–Trinajstić information content (AvgIpc) is 2.24. The minimum Gasteiger partial charge on any atom is -0.301 e. The Bertz CT molecular complexity index is 870. The molecule has 2 aromatic carbocycles. The van der Waals surface area contributed by atoms with E-state index in [4.69, 9.17) is 14.8 Å². The molecule has 0 amide bonds. The Morgan fingerprint density at radius 1 is 0.895 bits per heavy atom. The lowest BCUT2D eigenvalue weighted by molar-refractivity contribution is 0.482. The Kier molecular flexibility index (Phi) is 3.01. The van der Waals surface area contributed by atoms with Gasteiger partial charge in [0.1, 0.15) is 4.90 Å². The maximum absolute atomic E-state index is 11.2. The lowest BCUT2D eigenvalue weighted by Crippen LogP contribution is -2.04. The molecule has 1 radical (unpaired) electrons. The Morgan fingerprint density at radius 2 is 1.53 bits per heavy atom. The van der Waals surface area contributed by atoms with Gasteiger partial charge in [-0.2, -0.15) is 16.8 Å². The summed E-state index contributed by atoms with van der Waals surface area (Å²) in [5.41, 5.74) is 7.43. The van der Waals surface area contributed by atoms with E-state index in [1.54, 1.807) is 0 Å². The predicted molar refractivity (Wildman–Crippen MR) is 66.3 cm³/mol. The maximum atomic E-state index is 11.2. The SMILES string of the molecule is [NH]c1ccc2c(S(=O)(=O)O)cc(S(=O)(=O)O)cc2c1. The van der Waals surface area contributed by atoms with Crippen LogP contribution in [0.15, 0.2) is 40.1 Å². The smallest absolute Gasteiger partial charge is 0.295 e. The van der Waals surface area contributed by atoms with Gasteiger partial charge < -0.3 is 5.73 Å². The van der Waals surface area contributed by atoms with Gasteiger partial charge in [0.25, 0.3) is 20.2 Å². The van der Waals surface area contributed by atoms with Gasteiger partial charge in [-0.1, -0.05) is 6.07 Å². The van der Waals surface area contributed by atoms with Crippen LogP contribution >= 0.6 is 0 Å². The summed E-state index contributed by atoms with van der Waals surface area (Å²) >= 11 is 0. The van der Waals surface area contributed by atoms with E-state index < -0.39 is 30.0 Å². The number of benzene rings is 2. The fourth-order valence-corrected chi connectivity index (χ4v) is 3.03. The highest BCUT2D eigenvalue weighted by molar-refractivity contribution is 7.86. The fraction of sp³-hybridized carbons (Fsp3) is 0. The summed E-state index contributed by atoms with van der Waals surface area (Å²) in [6, 6.07) is 5.48. The molecule has 0 spiro atoms. The van der Waals surface area contributed by atoms with Crippen molar-refractivity contribution in [3.63, 3.8) is 0 Å². The molecule has 0 heterocycles. The van der Waals surface area contributed by atoms with Crippen molar-refractivity contribution >= 4 is 36.7 Å². The standard InChI is InChI=1S/C10H8NO6S2/c11-7-1-2-9-6(3-7)4-8(18(12,13)14)5-10(9)19(15,16)17/h1-5,11H,(H,12,13,14)(H,15,16,17). The van der Waals surface area contributed by atoms with E-state index in [2.05, 4.69) is 0 Å². The molecule has 9 heteroatoms. The van der Waals surface area contributed by atoms with Gasteiger partial charge in [-0.3, -0.25) is 9.11 Å². The topological polar surface area (TPSA) is 133 Å². The van der Waals surface area contributed by atoms with Crippen molar-refractivity contribution in [2.75, 3.05) is 0 Å². The number of hydrogen-bond donors (Lipinski definition) is 2. The Hall–Kier alpha value is -1.68. The van der Waals surface area contributed by atoms with Crippen molar-refractivity contribution < 1.29 is 25.9 Å². The molecule has 0 aliphatic carbocycles. The molecule has 101 valence electrons. The highest BCUT2D eigenvalue weighted by Crippen LogP contribution is 2.28. The highest BCUT2D eigenvalue weighted by Gasteiger charge is 2.20. The summed E-state index contributed by atoms with van der Waals surface area (Å²) < 4.78 is 62.7. The van der Waals surface area contributed by atoms with Crippen LogP contribution in [0.1, 0.15) is 0 Å². The van der Waals surface area contributed by atoms with Crippen LogP contribution in [-0.2, 0) is 20.2 Å². The monoisotopic (exact) mass is 302 g/mol. The number of nitrogens with one attached hydrogen (secondary N) is 1. The van der Waals surface area contributed by atoms with Gasteiger partial charge in [0, 0.05) is 5.39 Å². The van der Waals surface area contributed by atoms with Crippen molar-refractivity contribution in [3.8, 4) is 0 Å². The first kappa shape index (κ1) is 13.7. The Balaban J connectivity index is 3.01. The maximum Gasteiger partial charge on any atom is 0.295 e. The second-order valence-corrected chi connectivity index (χ2v) is 6.62. The summed E-state index contributed by atoms with van der Waals surface area (Å²) in [4.78, 5) is -1.31. The zero-order chi connectivity index (χ0) is 14.4. The summed E-state index contributed by atoms with van der Waals surface area (Å²) in [5, 5.41) is 0.168. The Labute approximate surface area is 109 Å². The van der Waals surface area contributed by atoms with Crippen LogP contribution in [0.5, 0.6) is 0 Å². The van der Waals surface area contributed by atoms with Gasteiger partial charge in [0.15, 0.2) is 0 Å². The van der Waals surface area contributed by atoms with Gasteiger partial charge in [0.2, 0.25) is 0 Å². The van der Waals surface area contributed by atoms with Crippen molar-refractivity contribution in [2.24, 2.45) is 0 Å². The van der Waals surface area contributed by atoms with Crippen LogP contribution in [0.3, 0.4) is 0 Å². The van der Waals surface area contributed by atoms with Crippen molar-refractivity contribution in [2.45, 2.75) is 9.79 Å². The molecule has 0 saturated carbocycles. The summed E-state index contributed by atoms with van der Waals surface area (Å²) in [6.07, 6.45) is 0. The molecule has 2 aromatic rings. The molecule has 0 bridgehead atoms. The summed E-state index contributed by atoms with van der Waals surface area (Å²) in [5.74, 6) is 0. The van der Waals surface area contributed by atoms with Crippen LogP contribution in [0.4, 0.5) is 5.69 Å². The van der Waals surface area contributed by atoms with E-state index in [0.717, 1.165) is 6.07 Å². The van der Waals surface area contributed by atoms with Crippen LogP contribution in [0, 0.1) is 0 Å². The molecule has 19 heavy (non-hydrogen) atoms. The van der Waals surface area contributed by atoms with Crippen molar-refractivity contribution in [1.29, 1.82) is 0 Å². The number of rotatable bonds is 2. The lowest BCUT2D eigenvalue weighted by Gasteiger charge is -2.07. The van der Waals surface area contributed by atoms with Crippen LogP contribution in [0.2, 0.25) is 0 Å². The molecule has 0 aliphatic heterocycles. The van der Waals surface area contributed by atoms with E-state index in [-0.39, 0.29) is 16.5 Å². The predicted octanol–water partition coefficient (Wildman–Crippen LogP) is 1.25. The second kappa shape index (κ2) is 4.17. The zero-order valence-corrected chi connectivity index (χ0v) is 10.9. The molecular formula is C10H8NO6S2. The third-order valence-corrected chi connectivity index (χ3v) is 4.19. The van der Waals surface area contributed by atoms with E-state index >= 15 is 0 Å². The summed E-state index contributed by atoms with van der Waals surface area (Å²) in [7, 11) is -9.29. The minimum absolute atomic E-state index is 0.0290. The van der Waals surface area contributed by atoms with Gasteiger partial charge in [-0.05, 0) is 29.7 Å². The molecule has 0 fully saturated rings. The fourth-order valence-electron chi connectivity index (χ4n) is 1.67. The molecule has 0 saturated heterocycles. The summed E-state index contributed by atoms with van der Waals surface area (Å²) in [6.45, 7) is 0. The van der Waals surface area contributed by atoms with Gasteiger partial charge in [-0.15, -0.1) is 0 Å². The molecule has 0 atom stereocenters. The molecular weight excluding hydrogens is 294 g/mol. The third-order valence-electron chi connectivity index (χ3n) is 2.46. The van der Waals surface area contributed by atoms with Gasteiger partial charge >= 0.3 is 0 Å². The normalized spacial score (nSPS) is 12.7. The third kappa shape index (κ3) is 2.68. The average molecular weight is 302 g/mol. The van der Waals surface area contributed by atoms with E-state index in [0.29, 0.717) is 6.07 Å². The molecule has 0 unspecified atom stereocenters. The minimum atomic E-state index is -4.66. The number of fused-ring (bicyclic) bond motifs is 1. The quantitative estimate of drug-likeness (QED) is 0.802. The van der Waals surface area contributed by atoms with E-state index in [9.17, 15) is 16.8 Å².